The van der Waals surface area contributed by atoms with Gasteiger partial charge >= 0.3 is 0 Å². The number of hydrogen-bond acceptors (Lipinski definition) is 5. The van der Waals surface area contributed by atoms with Crippen LogP contribution < -0.4 is 0 Å². The Morgan fingerprint density at radius 1 is 0.706 bits per heavy atom. The van der Waals surface area contributed by atoms with Crippen LogP contribution in [0.5, 0.6) is 0 Å². The average molecular weight is 673 g/mol. The number of aromatic nitrogens is 6. The Morgan fingerprint density at radius 3 is 1.92 bits per heavy atom. The normalized spacial score (nSPS) is 18.9. The van der Waals surface area contributed by atoms with Crippen molar-refractivity contribution in [2.45, 2.75) is 43.6 Å². The minimum Gasteiger partial charge on any atom is -0.318 e. The molecule has 0 spiro atoms. The fourth-order valence-corrected chi connectivity index (χ4v) is 9.08. The predicted molar refractivity (Wildman–Crippen MR) is 192 cm³/mol. The van der Waals surface area contributed by atoms with Crippen LogP contribution in [0.4, 0.5) is 8.78 Å². The molecule has 0 unspecified atom stereocenters. The van der Waals surface area contributed by atoms with Crippen molar-refractivity contribution in [3.8, 4) is 22.8 Å². The first-order valence-corrected chi connectivity index (χ1v) is 17.2. The molecule has 8 heteroatoms. The summed E-state index contributed by atoms with van der Waals surface area (Å²) in [5.41, 5.74) is 5.03. The Hall–Kier alpha value is -5.89. The summed E-state index contributed by atoms with van der Waals surface area (Å²) >= 11 is 0. The number of halogens is 2. The second-order valence-corrected chi connectivity index (χ2v) is 14.1. The van der Waals surface area contributed by atoms with Crippen LogP contribution in [0.2, 0.25) is 0 Å². The molecule has 0 N–H and O–H groups in total. The molecule has 2 aliphatic rings. The van der Waals surface area contributed by atoms with Gasteiger partial charge in [0.05, 0.1) is 34.4 Å². The molecule has 0 aliphatic heterocycles. The molecule has 4 aromatic carbocycles. The topological polar surface area (TPSA) is 69.4 Å². The van der Waals surface area contributed by atoms with Gasteiger partial charge in [0.1, 0.15) is 22.9 Å². The molecule has 250 valence electrons. The zero-order chi connectivity index (χ0) is 34.8. The maximum atomic E-state index is 14.8. The van der Waals surface area contributed by atoms with E-state index in [4.69, 9.17) is 20.1 Å². The predicted octanol–water partition coefficient (Wildman–Crippen LogP) is 9.12. The van der Waals surface area contributed by atoms with Gasteiger partial charge in [-0.15, -0.1) is 5.10 Å². The van der Waals surface area contributed by atoms with Gasteiger partial charge in [-0.3, -0.25) is 0 Å². The van der Waals surface area contributed by atoms with Crippen molar-refractivity contribution in [1.29, 1.82) is 0 Å². The zero-order valence-electron chi connectivity index (χ0n) is 28.2. The lowest BCUT2D eigenvalue weighted by Gasteiger charge is -2.37. The number of hydrogen-bond donors (Lipinski definition) is 0. The first-order valence-electron chi connectivity index (χ1n) is 17.2. The quantitative estimate of drug-likeness (QED) is 0.158. The summed E-state index contributed by atoms with van der Waals surface area (Å²) in [5, 5.41) is 9.13. The number of rotatable bonds is 7. The van der Waals surface area contributed by atoms with Crippen molar-refractivity contribution in [2.75, 3.05) is 0 Å². The Labute approximate surface area is 294 Å². The fraction of sp³-hybridized carbons (Fsp3) is 0.186. The van der Waals surface area contributed by atoms with Crippen molar-refractivity contribution >= 4 is 0 Å². The third-order valence-corrected chi connectivity index (χ3v) is 11.5. The first-order chi connectivity index (χ1) is 24.9. The summed E-state index contributed by atoms with van der Waals surface area (Å²) in [7, 11) is 0. The molecule has 0 saturated heterocycles. The fourth-order valence-electron chi connectivity index (χ4n) is 9.08. The molecule has 51 heavy (non-hydrogen) atoms. The van der Waals surface area contributed by atoms with E-state index >= 15 is 0 Å². The van der Waals surface area contributed by atoms with Gasteiger partial charge in [0, 0.05) is 12.4 Å². The third-order valence-electron chi connectivity index (χ3n) is 11.5. The minimum absolute atomic E-state index is 0.123. The molecule has 6 nitrogen and oxygen atoms in total. The summed E-state index contributed by atoms with van der Waals surface area (Å²) in [6.45, 7) is 4.47. The van der Waals surface area contributed by atoms with Crippen molar-refractivity contribution in [2.24, 2.45) is 5.41 Å². The van der Waals surface area contributed by atoms with Gasteiger partial charge < -0.3 is 4.57 Å². The molecule has 2 bridgehead atoms. The number of fused-ring (bicyclic) bond motifs is 5. The van der Waals surface area contributed by atoms with E-state index in [0.29, 0.717) is 11.5 Å². The molecule has 0 radical (unpaired) electrons. The van der Waals surface area contributed by atoms with Crippen LogP contribution in [0.15, 0.2) is 140 Å². The van der Waals surface area contributed by atoms with Gasteiger partial charge in [-0.25, -0.2) is 23.7 Å². The molecule has 2 aliphatic carbocycles. The van der Waals surface area contributed by atoms with Crippen LogP contribution in [0, 0.1) is 17.0 Å². The molecule has 0 amide bonds. The third kappa shape index (κ3) is 4.41. The Kier molecular flexibility index (Phi) is 7.07. The molecule has 3 heterocycles. The van der Waals surface area contributed by atoms with Gasteiger partial charge in [0.25, 0.3) is 0 Å². The standard InChI is InChI=1S/C43H34F2N6/c1-41(2)32-21-23-42(41,39-31(32)25-35(49-50-39)38-33(44)19-12-20-34(38)45)37-22-24-46-40(48-37)36-26-51(27-47-36)43(28-13-6-3-7-14-28,29-15-8-4-9-16-29)30-17-10-5-11-18-30/h3-20,22,24-27,32H,21,23H2,1-2H3/t32-,42+/m0/s1. The van der Waals surface area contributed by atoms with E-state index in [0.717, 1.165) is 46.5 Å². The van der Waals surface area contributed by atoms with Crippen molar-refractivity contribution in [3.63, 3.8) is 0 Å². The highest BCUT2D eigenvalue weighted by atomic mass is 19.1. The number of nitrogens with zero attached hydrogens (tertiary/aromatic N) is 6. The van der Waals surface area contributed by atoms with E-state index in [1.807, 2.05) is 42.9 Å². The lowest BCUT2D eigenvalue weighted by molar-refractivity contribution is 0.243. The van der Waals surface area contributed by atoms with Crippen molar-refractivity contribution in [3.05, 3.63) is 185 Å². The highest BCUT2D eigenvalue weighted by Gasteiger charge is 2.65. The zero-order valence-corrected chi connectivity index (χ0v) is 28.2. The highest BCUT2D eigenvalue weighted by molar-refractivity contribution is 5.64. The molecular formula is C43H34F2N6. The lowest BCUT2D eigenvalue weighted by Crippen LogP contribution is -2.38. The average Bonchev–Trinajstić information content (AvgIpc) is 3.81. The van der Waals surface area contributed by atoms with E-state index in [9.17, 15) is 8.78 Å². The smallest absolute Gasteiger partial charge is 0.179 e. The summed E-state index contributed by atoms with van der Waals surface area (Å²) in [4.78, 5) is 14.9. The summed E-state index contributed by atoms with van der Waals surface area (Å²) in [6, 6.07) is 39.0. The van der Waals surface area contributed by atoms with Gasteiger partial charge in [-0.2, -0.15) is 5.10 Å². The van der Waals surface area contributed by atoms with Crippen LogP contribution in [-0.2, 0) is 11.0 Å². The van der Waals surface area contributed by atoms with Crippen LogP contribution in [-0.4, -0.2) is 29.7 Å². The van der Waals surface area contributed by atoms with E-state index in [1.54, 1.807) is 6.20 Å². The van der Waals surface area contributed by atoms with Gasteiger partial charge in [-0.05, 0) is 70.7 Å². The maximum absolute atomic E-state index is 14.8. The first kappa shape index (κ1) is 31.1. The Bertz CT molecular complexity index is 2280. The number of imidazole rings is 1. The number of benzene rings is 4. The molecule has 3 aromatic heterocycles. The van der Waals surface area contributed by atoms with Crippen molar-refractivity contribution < 1.29 is 8.78 Å². The van der Waals surface area contributed by atoms with Crippen LogP contribution in [0.1, 0.15) is 66.2 Å². The molecule has 7 aromatic rings. The molecule has 2 atom stereocenters. The van der Waals surface area contributed by atoms with E-state index in [1.165, 1.54) is 18.2 Å². The van der Waals surface area contributed by atoms with Crippen molar-refractivity contribution in [1.82, 2.24) is 29.7 Å². The molecule has 1 saturated carbocycles. The van der Waals surface area contributed by atoms with E-state index in [-0.39, 0.29) is 22.6 Å². The monoisotopic (exact) mass is 672 g/mol. The molecule has 1 fully saturated rings. The Morgan fingerprint density at radius 2 is 1.31 bits per heavy atom. The second-order valence-electron chi connectivity index (χ2n) is 14.1. The van der Waals surface area contributed by atoms with Crippen LogP contribution >= 0.6 is 0 Å². The van der Waals surface area contributed by atoms with Crippen LogP contribution in [0.25, 0.3) is 22.8 Å². The van der Waals surface area contributed by atoms with E-state index in [2.05, 4.69) is 96.3 Å². The summed E-state index contributed by atoms with van der Waals surface area (Å²) < 4.78 is 31.8. The SMILES string of the molecule is CC1(C)[C@H]2CC[C@@]1(c1ccnc(-c3cn(C(c4ccccc4)(c4ccccc4)c4ccccc4)cn3)n1)c1nnc(-c3c(F)cccc3F)cc12. The maximum Gasteiger partial charge on any atom is 0.179 e. The van der Waals surface area contributed by atoms with Gasteiger partial charge in [0.15, 0.2) is 5.82 Å². The lowest BCUT2D eigenvalue weighted by atomic mass is 9.66. The second kappa shape index (κ2) is 11.6. The molecular weight excluding hydrogens is 639 g/mol. The van der Waals surface area contributed by atoms with Crippen LogP contribution in [0.3, 0.4) is 0 Å². The van der Waals surface area contributed by atoms with Gasteiger partial charge in [-0.1, -0.05) is 111 Å². The van der Waals surface area contributed by atoms with E-state index < -0.39 is 22.6 Å². The Balaban J connectivity index is 1.18. The largest absolute Gasteiger partial charge is 0.318 e. The highest BCUT2D eigenvalue weighted by Crippen LogP contribution is 2.69. The molecule has 9 rings (SSSR count). The summed E-state index contributed by atoms with van der Waals surface area (Å²) in [5.74, 6) is -0.680. The summed E-state index contributed by atoms with van der Waals surface area (Å²) in [6.07, 6.45) is 7.41. The minimum atomic E-state index is -0.721. The van der Waals surface area contributed by atoms with Gasteiger partial charge in [0.2, 0.25) is 0 Å².